The van der Waals surface area contributed by atoms with Gasteiger partial charge in [0.1, 0.15) is 6.61 Å². The molecule has 0 aromatic rings. The van der Waals surface area contributed by atoms with Crippen molar-refractivity contribution in [1.29, 1.82) is 0 Å². The van der Waals surface area contributed by atoms with Gasteiger partial charge < -0.3 is 19.4 Å². The summed E-state index contributed by atoms with van der Waals surface area (Å²) in [6, 6.07) is 0. The van der Waals surface area contributed by atoms with Crippen molar-refractivity contribution >= 4 is 15.6 Å². The number of phosphoric acid groups is 2. The van der Waals surface area contributed by atoms with Crippen molar-refractivity contribution in [3.05, 3.63) is 23.3 Å². The molecular formula is C15H26O8P2. The van der Waals surface area contributed by atoms with E-state index in [0.29, 0.717) is 13.2 Å². The molecule has 0 fully saturated rings. The van der Waals surface area contributed by atoms with Crippen LogP contribution in [0.15, 0.2) is 23.3 Å². The molecule has 0 aliphatic heterocycles. The van der Waals surface area contributed by atoms with E-state index in [9.17, 15) is 9.13 Å². The lowest BCUT2D eigenvalue weighted by molar-refractivity contribution is 0.164. The maximum atomic E-state index is 11.2. The summed E-state index contributed by atoms with van der Waals surface area (Å²) in [7, 11) is -9.86. The zero-order chi connectivity index (χ0) is 19.3. The van der Waals surface area contributed by atoms with Crippen molar-refractivity contribution in [1.82, 2.24) is 0 Å². The van der Waals surface area contributed by atoms with Gasteiger partial charge >= 0.3 is 15.6 Å². The molecule has 0 aliphatic carbocycles. The van der Waals surface area contributed by atoms with E-state index in [1.54, 1.807) is 6.08 Å². The van der Waals surface area contributed by atoms with Gasteiger partial charge in [-0.25, -0.2) is 9.13 Å². The quantitative estimate of drug-likeness (QED) is 0.188. The minimum atomic E-state index is -5.08. The average molecular weight is 396 g/mol. The summed E-state index contributed by atoms with van der Waals surface area (Å²) in [5.74, 6) is 2.41. The lowest BCUT2D eigenvalue weighted by atomic mass is 10.1. The van der Waals surface area contributed by atoms with E-state index < -0.39 is 15.6 Å². The fourth-order valence-corrected chi connectivity index (χ4v) is 3.29. The predicted octanol–water partition coefficient (Wildman–Crippen LogP) is 3.32. The van der Waals surface area contributed by atoms with Crippen LogP contribution >= 0.6 is 15.6 Å². The van der Waals surface area contributed by atoms with Crippen LogP contribution in [0.25, 0.3) is 0 Å². The molecule has 0 radical (unpaired) electrons. The normalized spacial score (nSPS) is 15.7. The smallest absolute Gasteiger partial charge is 0.369 e. The molecule has 1 unspecified atom stereocenters. The van der Waals surface area contributed by atoms with Crippen molar-refractivity contribution in [3.63, 3.8) is 0 Å². The van der Waals surface area contributed by atoms with E-state index >= 15 is 0 Å². The molecule has 0 rings (SSSR count). The molecule has 25 heavy (non-hydrogen) atoms. The van der Waals surface area contributed by atoms with Crippen LogP contribution in [-0.2, 0) is 22.7 Å². The molecule has 144 valence electrons. The van der Waals surface area contributed by atoms with E-state index in [4.69, 9.17) is 25.8 Å². The minimum Gasteiger partial charge on any atom is -0.369 e. The van der Waals surface area contributed by atoms with Crippen LogP contribution in [0.1, 0.15) is 39.5 Å². The summed E-state index contributed by atoms with van der Waals surface area (Å²) in [5.41, 5.74) is 2.15. The van der Waals surface area contributed by atoms with Gasteiger partial charge in [-0.2, -0.15) is 4.31 Å². The fraction of sp³-hybridized carbons (Fsp3) is 0.600. The van der Waals surface area contributed by atoms with Crippen molar-refractivity contribution in [3.8, 4) is 12.3 Å². The highest BCUT2D eigenvalue weighted by Gasteiger charge is 2.31. The summed E-state index contributed by atoms with van der Waals surface area (Å²) >= 11 is 0. The van der Waals surface area contributed by atoms with Gasteiger partial charge in [-0.1, -0.05) is 29.2 Å². The Morgan fingerprint density at radius 2 is 1.76 bits per heavy atom. The molecule has 0 aromatic carbocycles. The van der Waals surface area contributed by atoms with Gasteiger partial charge in [0, 0.05) is 6.61 Å². The first-order chi connectivity index (χ1) is 11.6. The second-order valence-corrected chi connectivity index (χ2v) is 8.17. The Morgan fingerprint density at radius 1 is 1.12 bits per heavy atom. The Hall–Kier alpha value is -0.740. The number of terminal acetylenes is 1. The monoisotopic (exact) mass is 396 g/mol. The maximum absolute atomic E-state index is 11.2. The zero-order valence-corrected chi connectivity index (χ0v) is 16.2. The Kier molecular flexibility index (Phi) is 12.2. The summed E-state index contributed by atoms with van der Waals surface area (Å²) in [4.78, 5) is 26.1. The lowest BCUT2D eigenvalue weighted by Crippen LogP contribution is -1.95. The molecule has 0 saturated heterocycles. The predicted molar refractivity (Wildman–Crippen MR) is 94.5 cm³/mol. The van der Waals surface area contributed by atoms with Crippen LogP contribution in [0.2, 0.25) is 0 Å². The van der Waals surface area contributed by atoms with Crippen LogP contribution in [0.4, 0.5) is 0 Å². The van der Waals surface area contributed by atoms with Crippen molar-refractivity contribution in [2.24, 2.45) is 0 Å². The molecule has 8 nitrogen and oxygen atoms in total. The Balaban J connectivity index is 4.05. The highest BCUT2D eigenvalue weighted by atomic mass is 31.3. The average Bonchev–Trinajstić information content (AvgIpc) is 2.44. The lowest BCUT2D eigenvalue weighted by Gasteiger charge is -2.11. The standard InChI is InChI=1S/C15H26O8P2/c1-4-11-21-12-6-9-14(2)7-5-8-15(3)10-13-22-25(19,20)23-24(16,17)18/h1,7,10H,5-6,8-9,11-13H2,2-3H3,(H,19,20)(H2,16,17,18)/b14-7+,15-10+. The molecule has 0 amide bonds. The molecule has 0 saturated carbocycles. The van der Waals surface area contributed by atoms with Crippen LogP contribution in [-0.4, -0.2) is 34.5 Å². The molecule has 0 spiro atoms. The van der Waals surface area contributed by atoms with Gasteiger partial charge in [0.25, 0.3) is 0 Å². The van der Waals surface area contributed by atoms with Crippen LogP contribution < -0.4 is 0 Å². The van der Waals surface area contributed by atoms with E-state index in [0.717, 1.165) is 31.3 Å². The Bertz CT molecular complexity index is 585. The van der Waals surface area contributed by atoms with Gasteiger partial charge in [-0.05, 0) is 39.5 Å². The summed E-state index contributed by atoms with van der Waals surface area (Å²) < 4.78 is 35.1. The Labute approximate surface area is 148 Å². The SMILES string of the molecule is C#CCOCCC/C(C)=C/CC/C(C)=C/COP(=O)(O)OP(=O)(O)O. The third kappa shape index (κ3) is 16.5. The summed E-state index contributed by atoms with van der Waals surface area (Å²) in [6.07, 6.45) is 12.1. The first-order valence-corrected chi connectivity index (χ1v) is 10.6. The van der Waals surface area contributed by atoms with Crippen LogP contribution in [0, 0.1) is 12.3 Å². The van der Waals surface area contributed by atoms with Crippen LogP contribution in [0.3, 0.4) is 0 Å². The first-order valence-electron chi connectivity index (χ1n) is 7.62. The van der Waals surface area contributed by atoms with Crippen LogP contribution in [0.5, 0.6) is 0 Å². The van der Waals surface area contributed by atoms with Gasteiger partial charge in [-0.3, -0.25) is 4.52 Å². The maximum Gasteiger partial charge on any atom is 0.481 e. The molecule has 10 heteroatoms. The number of phosphoric ester groups is 1. The fourth-order valence-electron chi connectivity index (χ4n) is 1.77. The molecule has 3 N–H and O–H groups in total. The van der Waals surface area contributed by atoms with Gasteiger partial charge in [0.05, 0.1) is 6.61 Å². The summed E-state index contributed by atoms with van der Waals surface area (Å²) in [5, 5.41) is 0. The van der Waals surface area contributed by atoms with Crippen molar-refractivity contribution < 1.29 is 37.4 Å². The van der Waals surface area contributed by atoms with E-state index in [1.807, 2.05) is 13.8 Å². The highest BCUT2D eigenvalue weighted by Crippen LogP contribution is 2.57. The second-order valence-electron chi connectivity index (χ2n) is 5.34. The third-order valence-corrected chi connectivity index (χ3v) is 5.11. The zero-order valence-electron chi connectivity index (χ0n) is 14.5. The van der Waals surface area contributed by atoms with Crippen molar-refractivity contribution in [2.45, 2.75) is 39.5 Å². The second kappa shape index (κ2) is 12.6. The van der Waals surface area contributed by atoms with E-state index in [1.165, 1.54) is 5.57 Å². The number of hydrogen-bond donors (Lipinski definition) is 3. The molecular weight excluding hydrogens is 370 g/mol. The highest BCUT2D eigenvalue weighted by molar-refractivity contribution is 7.60. The largest absolute Gasteiger partial charge is 0.481 e. The van der Waals surface area contributed by atoms with Gasteiger partial charge in [0.15, 0.2) is 0 Å². The van der Waals surface area contributed by atoms with E-state index in [-0.39, 0.29) is 6.61 Å². The third-order valence-electron chi connectivity index (χ3n) is 2.96. The summed E-state index contributed by atoms with van der Waals surface area (Å²) in [6.45, 7) is 4.53. The van der Waals surface area contributed by atoms with Gasteiger partial charge in [-0.15, -0.1) is 6.42 Å². The number of rotatable bonds is 13. The molecule has 0 aliphatic rings. The number of ether oxygens (including phenoxy) is 1. The van der Waals surface area contributed by atoms with E-state index in [2.05, 4.69) is 20.8 Å². The minimum absolute atomic E-state index is 0.283. The molecule has 0 heterocycles. The van der Waals surface area contributed by atoms with Gasteiger partial charge in [0.2, 0.25) is 0 Å². The topological polar surface area (TPSA) is 123 Å². The number of hydrogen-bond acceptors (Lipinski definition) is 5. The Morgan fingerprint density at radius 3 is 2.36 bits per heavy atom. The molecule has 0 aromatic heterocycles. The molecule has 1 atom stereocenters. The molecule has 0 bridgehead atoms. The van der Waals surface area contributed by atoms with Crippen molar-refractivity contribution in [2.75, 3.05) is 19.8 Å². The first kappa shape index (κ1) is 24.3. The number of allylic oxidation sites excluding steroid dienone is 3.